The normalized spacial score (nSPS) is 25.8. The SMILES string of the molecule is CC(C)N(C)C(=O)C1CCCC(CCN)C1. The first kappa shape index (κ1) is 13.5. The smallest absolute Gasteiger partial charge is 0.225 e. The highest BCUT2D eigenvalue weighted by Crippen LogP contribution is 2.32. The Bertz CT molecular complexity index is 226. The molecule has 0 aromatic heterocycles. The van der Waals surface area contributed by atoms with Crippen LogP contribution >= 0.6 is 0 Å². The zero-order valence-electron chi connectivity index (χ0n) is 10.9. The molecule has 3 nitrogen and oxygen atoms in total. The number of hydrogen-bond acceptors (Lipinski definition) is 2. The fourth-order valence-electron chi connectivity index (χ4n) is 2.56. The molecule has 1 amide bonds. The van der Waals surface area contributed by atoms with Crippen LogP contribution in [0, 0.1) is 11.8 Å². The van der Waals surface area contributed by atoms with Gasteiger partial charge in [0.1, 0.15) is 0 Å². The summed E-state index contributed by atoms with van der Waals surface area (Å²) in [5.74, 6) is 1.25. The molecule has 0 aliphatic heterocycles. The predicted molar refractivity (Wildman–Crippen MR) is 67.0 cm³/mol. The molecule has 0 spiro atoms. The molecule has 0 bridgehead atoms. The summed E-state index contributed by atoms with van der Waals surface area (Å²) in [6.45, 7) is 4.89. The minimum atomic E-state index is 0.248. The van der Waals surface area contributed by atoms with Gasteiger partial charge in [-0.15, -0.1) is 0 Å². The van der Waals surface area contributed by atoms with Crippen molar-refractivity contribution in [2.45, 2.75) is 52.0 Å². The van der Waals surface area contributed by atoms with Crippen molar-refractivity contribution >= 4 is 5.91 Å². The van der Waals surface area contributed by atoms with Crippen LogP contribution in [0.2, 0.25) is 0 Å². The highest BCUT2D eigenvalue weighted by Gasteiger charge is 2.29. The maximum Gasteiger partial charge on any atom is 0.225 e. The van der Waals surface area contributed by atoms with Crippen molar-refractivity contribution in [1.82, 2.24) is 4.90 Å². The van der Waals surface area contributed by atoms with Crippen molar-refractivity contribution < 1.29 is 4.79 Å². The molecule has 0 aromatic carbocycles. The van der Waals surface area contributed by atoms with E-state index in [2.05, 4.69) is 13.8 Å². The van der Waals surface area contributed by atoms with Gasteiger partial charge in [0.05, 0.1) is 0 Å². The third kappa shape index (κ3) is 3.48. The molecular weight excluding hydrogens is 200 g/mol. The van der Waals surface area contributed by atoms with Gasteiger partial charge < -0.3 is 10.6 Å². The number of hydrogen-bond donors (Lipinski definition) is 1. The molecule has 0 saturated heterocycles. The van der Waals surface area contributed by atoms with Gasteiger partial charge >= 0.3 is 0 Å². The van der Waals surface area contributed by atoms with Crippen LogP contribution in [-0.2, 0) is 4.79 Å². The monoisotopic (exact) mass is 226 g/mol. The number of nitrogens with two attached hydrogens (primary N) is 1. The molecule has 1 aliphatic carbocycles. The Kier molecular flexibility index (Phi) is 5.26. The Morgan fingerprint density at radius 2 is 2.12 bits per heavy atom. The lowest BCUT2D eigenvalue weighted by molar-refractivity contribution is -0.137. The molecule has 94 valence electrons. The maximum atomic E-state index is 12.2. The summed E-state index contributed by atoms with van der Waals surface area (Å²) < 4.78 is 0. The van der Waals surface area contributed by atoms with Crippen LogP contribution in [0.3, 0.4) is 0 Å². The largest absolute Gasteiger partial charge is 0.343 e. The lowest BCUT2D eigenvalue weighted by Crippen LogP contribution is -2.39. The number of carbonyl (C=O) groups is 1. The van der Waals surface area contributed by atoms with Crippen molar-refractivity contribution in [1.29, 1.82) is 0 Å². The molecule has 2 unspecified atom stereocenters. The molecule has 1 aliphatic rings. The Morgan fingerprint density at radius 1 is 1.44 bits per heavy atom. The first-order valence-electron chi connectivity index (χ1n) is 6.53. The van der Waals surface area contributed by atoms with Gasteiger partial charge in [-0.3, -0.25) is 4.79 Å². The second-order valence-electron chi connectivity index (χ2n) is 5.35. The minimum Gasteiger partial charge on any atom is -0.343 e. The zero-order valence-corrected chi connectivity index (χ0v) is 10.9. The molecule has 1 saturated carbocycles. The number of rotatable bonds is 4. The maximum absolute atomic E-state index is 12.2. The van der Waals surface area contributed by atoms with Gasteiger partial charge in [0.2, 0.25) is 5.91 Å². The van der Waals surface area contributed by atoms with Gasteiger partial charge in [0, 0.05) is 19.0 Å². The van der Waals surface area contributed by atoms with Gasteiger partial charge in [-0.05, 0) is 45.6 Å². The number of nitrogens with zero attached hydrogens (tertiary/aromatic N) is 1. The first-order chi connectivity index (χ1) is 7.56. The van der Waals surface area contributed by atoms with Crippen LogP contribution in [0.4, 0.5) is 0 Å². The van der Waals surface area contributed by atoms with E-state index in [0.29, 0.717) is 17.9 Å². The van der Waals surface area contributed by atoms with Crippen LogP contribution in [-0.4, -0.2) is 30.4 Å². The lowest BCUT2D eigenvalue weighted by Gasteiger charge is -2.32. The van der Waals surface area contributed by atoms with E-state index in [1.807, 2.05) is 11.9 Å². The van der Waals surface area contributed by atoms with E-state index >= 15 is 0 Å². The summed E-state index contributed by atoms with van der Waals surface area (Å²) in [6.07, 6.45) is 5.64. The summed E-state index contributed by atoms with van der Waals surface area (Å²) in [5.41, 5.74) is 5.59. The summed E-state index contributed by atoms with van der Waals surface area (Å²) in [4.78, 5) is 14.1. The van der Waals surface area contributed by atoms with Crippen LogP contribution in [0.25, 0.3) is 0 Å². The number of amides is 1. The van der Waals surface area contributed by atoms with E-state index in [1.54, 1.807) is 0 Å². The standard InChI is InChI=1S/C13H26N2O/c1-10(2)15(3)13(16)12-6-4-5-11(9-12)7-8-14/h10-12H,4-9,14H2,1-3H3. The first-order valence-corrected chi connectivity index (χ1v) is 6.53. The molecule has 1 rings (SSSR count). The van der Waals surface area contributed by atoms with Gasteiger partial charge in [-0.25, -0.2) is 0 Å². The summed E-state index contributed by atoms with van der Waals surface area (Å²) in [7, 11) is 1.92. The Balaban J connectivity index is 2.49. The average molecular weight is 226 g/mol. The molecule has 3 heteroatoms. The predicted octanol–water partition coefficient (Wildman–Crippen LogP) is 2.01. The highest BCUT2D eigenvalue weighted by atomic mass is 16.2. The van der Waals surface area contributed by atoms with Crippen molar-refractivity contribution in [3.8, 4) is 0 Å². The van der Waals surface area contributed by atoms with Crippen molar-refractivity contribution in [3.05, 3.63) is 0 Å². The molecular formula is C13H26N2O. The van der Waals surface area contributed by atoms with E-state index in [-0.39, 0.29) is 5.92 Å². The Labute approximate surface area is 99.4 Å². The van der Waals surface area contributed by atoms with E-state index in [9.17, 15) is 4.79 Å². The van der Waals surface area contributed by atoms with Crippen molar-refractivity contribution in [2.75, 3.05) is 13.6 Å². The van der Waals surface area contributed by atoms with Crippen LogP contribution in [0.15, 0.2) is 0 Å². The van der Waals surface area contributed by atoms with Crippen molar-refractivity contribution in [2.24, 2.45) is 17.6 Å². The summed E-state index contributed by atoms with van der Waals surface area (Å²) in [5, 5.41) is 0. The number of carbonyl (C=O) groups excluding carboxylic acids is 1. The fourth-order valence-corrected chi connectivity index (χ4v) is 2.56. The topological polar surface area (TPSA) is 46.3 Å². The summed E-state index contributed by atoms with van der Waals surface area (Å²) >= 11 is 0. The van der Waals surface area contributed by atoms with E-state index in [4.69, 9.17) is 5.73 Å². The molecule has 2 N–H and O–H groups in total. The van der Waals surface area contributed by atoms with E-state index in [1.165, 1.54) is 12.8 Å². The van der Waals surface area contributed by atoms with E-state index < -0.39 is 0 Å². The van der Waals surface area contributed by atoms with Gasteiger partial charge in [-0.1, -0.05) is 12.8 Å². The van der Waals surface area contributed by atoms with Crippen molar-refractivity contribution in [3.63, 3.8) is 0 Å². The quantitative estimate of drug-likeness (QED) is 0.797. The third-order valence-electron chi connectivity index (χ3n) is 3.83. The van der Waals surface area contributed by atoms with Gasteiger partial charge in [0.15, 0.2) is 0 Å². The van der Waals surface area contributed by atoms with Gasteiger partial charge in [-0.2, -0.15) is 0 Å². The molecule has 1 fully saturated rings. The molecule has 0 aromatic rings. The Hall–Kier alpha value is -0.570. The van der Waals surface area contributed by atoms with Crippen LogP contribution in [0.1, 0.15) is 46.0 Å². The molecule has 0 heterocycles. The minimum absolute atomic E-state index is 0.248. The molecule has 2 atom stereocenters. The van der Waals surface area contributed by atoms with Gasteiger partial charge in [0.25, 0.3) is 0 Å². The lowest BCUT2D eigenvalue weighted by atomic mass is 9.79. The summed E-state index contributed by atoms with van der Waals surface area (Å²) in [6, 6.07) is 0.308. The fraction of sp³-hybridized carbons (Fsp3) is 0.923. The zero-order chi connectivity index (χ0) is 12.1. The third-order valence-corrected chi connectivity index (χ3v) is 3.83. The second kappa shape index (κ2) is 6.24. The molecule has 16 heavy (non-hydrogen) atoms. The second-order valence-corrected chi connectivity index (χ2v) is 5.35. The highest BCUT2D eigenvalue weighted by molar-refractivity contribution is 5.78. The van der Waals surface area contributed by atoms with Crippen LogP contribution in [0.5, 0.6) is 0 Å². The average Bonchev–Trinajstić information content (AvgIpc) is 2.28. The van der Waals surface area contributed by atoms with Crippen LogP contribution < -0.4 is 5.73 Å². The van der Waals surface area contributed by atoms with E-state index in [0.717, 1.165) is 25.8 Å². The Morgan fingerprint density at radius 3 is 2.69 bits per heavy atom. The molecule has 0 radical (unpaired) electrons.